The van der Waals surface area contributed by atoms with Gasteiger partial charge in [0.25, 0.3) is 0 Å². The summed E-state index contributed by atoms with van der Waals surface area (Å²) in [7, 11) is 0. The van der Waals surface area contributed by atoms with Gasteiger partial charge in [-0.15, -0.1) is 0 Å². The molecule has 0 aromatic carbocycles. The van der Waals surface area contributed by atoms with Crippen LogP contribution in [0.1, 0.15) is 0 Å². The van der Waals surface area contributed by atoms with Gasteiger partial charge in [0.1, 0.15) is 5.69 Å². The van der Waals surface area contributed by atoms with E-state index in [0.29, 0.717) is 26.7 Å². The van der Waals surface area contributed by atoms with Crippen molar-refractivity contribution in [3.63, 3.8) is 0 Å². The minimum atomic E-state index is -0.322. The zero-order valence-corrected chi connectivity index (χ0v) is 12.2. The minimum Gasteiger partial charge on any atom is -0.285 e. The number of pyridine rings is 1. The number of aromatic nitrogens is 5. The van der Waals surface area contributed by atoms with Crippen LogP contribution in [0.5, 0.6) is 0 Å². The standard InChI is InChI=1S/C11H8BrN5OS/c1-19-10-14-9-7(12)8(6-4-2-3-5-13-6)16-17(9)11(18)15-10/h2-5H,1H3,(H,14,15,18). The van der Waals surface area contributed by atoms with Crippen LogP contribution in [0.25, 0.3) is 17.0 Å². The first-order valence-corrected chi connectivity index (χ1v) is 7.36. The van der Waals surface area contributed by atoms with Crippen molar-refractivity contribution in [3.05, 3.63) is 39.4 Å². The molecule has 19 heavy (non-hydrogen) atoms. The van der Waals surface area contributed by atoms with Gasteiger partial charge in [-0.1, -0.05) is 17.8 Å². The fourth-order valence-electron chi connectivity index (χ4n) is 1.66. The first kappa shape index (κ1) is 12.4. The Kier molecular flexibility index (Phi) is 3.11. The lowest BCUT2D eigenvalue weighted by molar-refractivity contribution is 0.788. The van der Waals surface area contributed by atoms with Crippen LogP contribution in [-0.4, -0.2) is 30.8 Å². The van der Waals surface area contributed by atoms with E-state index in [9.17, 15) is 4.79 Å². The fourth-order valence-corrected chi connectivity index (χ4v) is 2.57. The average molecular weight is 338 g/mol. The second kappa shape index (κ2) is 4.78. The van der Waals surface area contributed by atoms with E-state index >= 15 is 0 Å². The van der Waals surface area contributed by atoms with E-state index in [1.807, 2.05) is 24.5 Å². The van der Waals surface area contributed by atoms with Gasteiger partial charge >= 0.3 is 5.69 Å². The molecule has 0 aliphatic rings. The molecule has 0 bridgehead atoms. The molecule has 8 heteroatoms. The van der Waals surface area contributed by atoms with Crippen molar-refractivity contribution < 1.29 is 0 Å². The summed E-state index contributed by atoms with van der Waals surface area (Å²) in [6, 6.07) is 5.52. The van der Waals surface area contributed by atoms with Crippen LogP contribution < -0.4 is 5.69 Å². The zero-order chi connectivity index (χ0) is 13.4. The highest BCUT2D eigenvalue weighted by molar-refractivity contribution is 9.10. The molecule has 0 saturated carbocycles. The van der Waals surface area contributed by atoms with E-state index in [0.717, 1.165) is 0 Å². The molecule has 0 amide bonds. The van der Waals surface area contributed by atoms with Crippen molar-refractivity contribution in [3.8, 4) is 11.4 Å². The van der Waals surface area contributed by atoms with Gasteiger partial charge < -0.3 is 0 Å². The lowest BCUT2D eigenvalue weighted by atomic mass is 10.3. The predicted molar refractivity (Wildman–Crippen MR) is 76.3 cm³/mol. The Morgan fingerprint density at radius 1 is 1.42 bits per heavy atom. The topological polar surface area (TPSA) is 75.9 Å². The maximum atomic E-state index is 11.9. The lowest BCUT2D eigenvalue weighted by Gasteiger charge is -1.95. The third-order valence-corrected chi connectivity index (χ3v) is 3.83. The highest BCUT2D eigenvalue weighted by atomic mass is 79.9. The third kappa shape index (κ3) is 2.06. The third-order valence-electron chi connectivity index (χ3n) is 2.52. The second-order valence-corrected chi connectivity index (χ2v) is 5.25. The summed E-state index contributed by atoms with van der Waals surface area (Å²) in [5.74, 6) is 0. The van der Waals surface area contributed by atoms with Crippen LogP contribution in [-0.2, 0) is 0 Å². The number of nitrogens with zero attached hydrogens (tertiary/aromatic N) is 4. The molecule has 3 aromatic heterocycles. The molecule has 0 fully saturated rings. The van der Waals surface area contributed by atoms with E-state index in [2.05, 4.69) is 36.0 Å². The maximum Gasteiger partial charge on any atom is 0.350 e. The van der Waals surface area contributed by atoms with Gasteiger partial charge in [0.15, 0.2) is 10.8 Å². The summed E-state index contributed by atoms with van der Waals surface area (Å²) in [5.41, 5.74) is 1.44. The van der Waals surface area contributed by atoms with Gasteiger partial charge in [0.2, 0.25) is 0 Å². The van der Waals surface area contributed by atoms with Gasteiger partial charge in [-0.05, 0) is 34.3 Å². The molecule has 0 saturated heterocycles. The van der Waals surface area contributed by atoms with Crippen molar-refractivity contribution >= 4 is 33.3 Å². The summed E-state index contributed by atoms with van der Waals surface area (Å²) in [4.78, 5) is 23.1. The van der Waals surface area contributed by atoms with Gasteiger partial charge in [0.05, 0.1) is 10.2 Å². The number of halogens is 1. The van der Waals surface area contributed by atoms with Gasteiger partial charge in [-0.25, -0.2) is 9.78 Å². The van der Waals surface area contributed by atoms with Gasteiger partial charge in [0, 0.05) is 6.20 Å². The smallest absolute Gasteiger partial charge is 0.285 e. The number of H-pyrrole nitrogens is 1. The average Bonchev–Trinajstić information content (AvgIpc) is 2.78. The van der Waals surface area contributed by atoms with Crippen molar-refractivity contribution in [1.29, 1.82) is 0 Å². The number of aromatic amines is 1. The van der Waals surface area contributed by atoms with E-state index in [-0.39, 0.29) is 5.69 Å². The molecule has 3 aromatic rings. The second-order valence-electron chi connectivity index (χ2n) is 3.66. The highest BCUT2D eigenvalue weighted by Crippen LogP contribution is 2.28. The molecule has 96 valence electrons. The van der Waals surface area contributed by atoms with Crippen molar-refractivity contribution in [2.45, 2.75) is 5.16 Å². The summed E-state index contributed by atoms with van der Waals surface area (Å²) >= 11 is 4.81. The Morgan fingerprint density at radius 3 is 2.95 bits per heavy atom. The Balaban J connectivity index is 2.32. The zero-order valence-electron chi connectivity index (χ0n) is 9.79. The molecule has 3 rings (SSSR count). The normalized spacial score (nSPS) is 11.1. The number of thioether (sulfide) groups is 1. The Labute approximate surface area is 120 Å². The van der Waals surface area contributed by atoms with Crippen LogP contribution in [0.2, 0.25) is 0 Å². The Hall–Kier alpha value is -1.67. The van der Waals surface area contributed by atoms with Crippen LogP contribution in [0, 0.1) is 0 Å². The Bertz CT molecular complexity index is 798. The molecule has 0 aliphatic carbocycles. The molecule has 3 heterocycles. The molecule has 0 aliphatic heterocycles. The summed E-state index contributed by atoms with van der Waals surface area (Å²) in [6.45, 7) is 0. The largest absolute Gasteiger partial charge is 0.350 e. The predicted octanol–water partition coefficient (Wildman–Crippen LogP) is 1.96. The van der Waals surface area contributed by atoms with Crippen LogP contribution >= 0.6 is 27.7 Å². The first-order chi connectivity index (χ1) is 9.20. The van der Waals surface area contributed by atoms with Gasteiger partial charge in [-0.3, -0.25) is 9.97 Å². The fraction of sp³-hybridized carbons (Fsp3) is 0.0909. The van der Waals surface area contributed by atoms with E-state index < -0.39 is 0 Å². The van der Waals surface area contributed by atoms with Crippen LogP contribution in [0.15, 0.2) is 38.8 Å². The number of hydrogen-bond donors (Lipinski definition) is 1. The molecule has 0 spiro atoms. The molecular weight excluding hydrogens is 330 g/mol. The van der Waals surface area contributed by atoms with Crippen molar-refractivity contribution in [2.24, 2.45) is 0 Å². The van der Waals surface area contributed by atoms with Crippen molar-refractivity contribution in [1.82, 2.24) is 24.6 Å². The SMILES string of the molecule is CSc1nc2c(Br)c(-c3ccccn3)nn2c(=O)[nH]1. The van der Waals surface area contributed by atoms with Gasteiger partial charge in [-0.2, -0.15) is 9.61 Å². The lowest BCUT2D eigenvalue weighted by Crippen LogP contribution is -2.19. The number of fused-ring (bicyclic) bond motifs is 1. The van der Waals surface area contributed by atoms with Crippen molar-refractivity contribution in [2.75, 3.05) is 6.26 Å². The number of hydrogen-bond acceptors (Lipinski definition) is 5. The van der Waals surface area contributed by atoms with E-state index in [1.165, 1.54) is 16.3 Å². The Morgan fingerprint density at radius 2 is 2.26 bits per heavy atom. The van der Waals surface area contributed by atoms with Crippen LogP contribution in [0.3, 0.4) is 0 Å². The molecule has 0 atom stereocenters. The summed E-state index contributed by atoms with van der Waals surface area (Å²) in [5, 5.41) is 4.80. The maximum absolute atomic E-state index is 11.9. The summed E-state index contributed by atoms with van der Waals surface area (Å²) < 4.78 is 1.89. The highest BCUT2D eigenvalue weighted by Gasteiger charge is 2.16. The monoisotopic (exact) mass is 337 g/mol. The quantitative estimate of drug-likeness (QED) is 0.723. The first-order valence-electron chi connectivity index (χ1n) is 5.34. The molecule has 1 N–H and O–H groups in total. The molecule has 0 radical (unpaired) electrons. The number of nitrogens with one attached hydrogen (secondary N) is 1. The number of rotatable bonds is 2. The van der Waals surface area contributed by atoms with E-state index in [4.69, 9.17) is 0 Å². The summed E-state index contributed by atoms with van der Waals surface area (Å²) in [6.07, 6.45) is 3.52. The minimum absolute atomic E-state index is 0.322. The molecule has 0 unspecified atom stereocenters. The van der Waals surface area contributed by atoms with Crippen LogP contribution in [0.4, 0.5) is 0 Å². The molecule has 6 nitrogen and oxygen atoms in total. The molecular formula is C11H8BrN5OS. The van der Waals surface area contributed by atoms with E-state index in [1.54, 1.807) is 6.20 Å².